The Morgan fingerprint density at radius 2 is 1.64 bits per heavy atom. The van der Waals surface area contributed by atoms with Crippen LogP contribution in [0.5, 0.6) is 0 Å². The van der Waals surface area contributed by atoms with E-state index in [4.69, 9.17) is 28.2 Å². The van der Waals surface area contributed by atoms with E-state index in [9.17, 15) is 18.0 Å². The van der Waals surface area contributed by atoms with E-state index < -0.39 is 28.1 Å². The Hall–Kier alpha value is -4.64. The molecule has 5 aromatic rings. The molecule has 0 aliphatic carbocycles. The monoisotopic (exact) mass is 685 g/mol. The first kappa shape index (κ1) is 31.0. The molecule has 47 heavy (non-hydrogen) atoms. The highest BCUT2D eigenvalue weighted by molar-refractivity contribution is 7.90. The van der Waals surface area contributed by atoms with Gasteiger partial charge in [-0.25, -0.2) is 17.2 Å². The van der Waals surface area contributed by atoms with Crippen molar-refractivity contribution in [1.82, 2.24) is 19.1 Å². The summed E-state index contributed by atoms with van der Waals surface area (Å²) in [5.41, 5.74) is 3.34. The maximum Gasteiger partial charge on any atom is 0.326 e. The summed E-state index contributed by atoms with van der Waals surface area (Å²) in [6.45, 7) is 2.37. The zero-order valence-corrected chi connectivity index (χ0v) is 27.5. The first-order valence-corrected chi connectivity index (χ1v) is 17.2. The molecule has 238 valence electrons. The van der Waals surface area contributed by atoms with Gasteiger partial charge in [0.25, 0.3) is 10.0 Å². The lowest BCUT2D eigenvalue weighted by atomic mass is 9.93. The van der Waals surface area contributed by atoms with Crippen molar-refractivity contribution >= 4 is 61.9 Å². The van der Waals surface area contributed by atoms with Crippen LogP contribution in [0.1, 0.15) is 34.3 Å². The zero-order valence-electron chi connectivity index (χ0n) is 25.2. The average molecular weight is 687 g/mol. The number of carbonyl (C=O) groups is 2. The predicted octanol–water partition coefficient (Wildman–Crippen LogP) is 6.59. The molecular formula is C35H29Cl2N5O4S. The van der Waals surface area contributed by atoms with Crippen molar-refractivity contribution in [2.24, 2.45) is 4.99 Å². The van der Waals surface area contributed by atoms with Crippen LogP contribution in [0.15, 0.2) is 113 Å². The van der Waals surface area contributed by atoms with Crippen LogP contribution in [0.4, 0.5) is 4.79 Å². The number of nitrogens with zero attached hydrogens (tertiary/aromatic N) is 4. The molecule has 2 aliphatic heterocycles. The van der Waals surface area contributed by atoms with Gasteiger partial charge in [0.05, 0.1) is 16.5 Å². The topological polar surface area (TPSA) is 104 Å². The molecule has 1 fully saturated rings. The Bertz CT molecular complexity index is 2160. The van der Waals surface area contributed by atoms with Crippen LogP contribution in [0, 0.1) is 6.92 Å². The van der Waals surface area contributed by atoms with Crippen LogP contribution in [-0.2, 0) is 14.8 Å². The molecule has 9 nitrogen and oxygen atoms in total. The van der Waals surface area contributed by atoms with E-state index in [1.165, 1.54) is 15.1 Å². The summed E-state index contributed by atoms with van der Waals surface area (Å²) in [4.78, 5) is 35.5. The first-order valence-electron chi connectivity index (χ1n) is 15.0. The zero-order chi connectivity index (χ0) is 32.9. The number of aromatic nitrogens is 1. The Balaban J connectivity index is 1.46. The Labute approximate surface area is 282 Å². The van der Waals surface area contributed by atoms with Crippen molar-refractivity contribution in [3.8, 4) is 0 Å². The third-order valence-electron chi connectivity index (χ3n) is 8.48. The van der Waals surface area contributed by atoms with Gasteiger partial charge in [0.2, 0.25) is 5.91 Å². The number of amides is 3. The summed E-state index contributed by atoms with van der Waals surface area (Å²) < 4.78 is 29.4. The van der Waals surface area contributed by atoms with Crippen molar-refractivity contribution in [2.45, 2.75) is 23.9 Å². The van der Waals surface area contributed by atoms with E-state index in [-0.39, 0.29) is 23.2 Å². The van der Waals surface area contributed by atoms with E-state index in [1.54, 1.807) is 59.5 Å². The number of fused-ring (bicyclic) bond motifs is 1. The van der Waals surface area contributed by atoms with Crippen LogP contribution in [0.3, 0.4) is 0 Å². The maximum absolute atomic E-state index is 14.6. The summed E-state index contributed by atoms with van der Waals surface area (Å²) in [7, 11) is -4.04. The van der Waals surface area contributed by atoms with Crippen molar-refractivity contribution in [1.29, 1.82) is 0 Å². The standard InChI is InChI=1S/C35H29Cl2N5O4S/c1-22-9-15-27(16-10-22)47(45,46)41-20-29(28-7-2-3-8-30(28)41)34-39-32(24-5-4-6-26(37)19-24)33(23-11-13-25(36)14-12-23)42(34)35(44)40-18-17-38-31(43)21-40/h2-16,19-20,32-33H,17-18,21H2,1H3,(H,38,43). The minimum absolute atomic E-state index is 0.124. The van der Waals surface area contributed by atoms with Gasteiger partial charge in [0.1, 0.15) is 18.4 Å². The third kappa shape index (κ3) is 5.66. The van der Waals surface area contributed by atoms with Gasteiger partial charge in [-0.05, 0) is 60.5 Å². The first-order chi connectivity index (χ1) is 22.6. The number of nitrogens with one attached hydrogen (secondary N) is 1. The third-order valence-corrected chi connectivity index (χ3v) is 10.7. The van der Waals surface area contributed by atoms with Crippen molar-refractivity contribution < 1.29 is 18.0 Å². The number of hydrogen-bond acceptors (Lipinski definition) is 5. The summed E-state index contributed by atoms with van der Waals surface area (Å²) in [5.74, 6) is 0.0116. The summed E-state index contributed by atoms with van der Waals surface area (Å²) in [5, 5.41) is 4.40. The molecule has 1 aromatic heterocycles. The SMILES string of the molecule is Cc1ccc(S(=O)(=O)n2cc(C3=NC(c4cccc(Cl)c4)C(c4ccc(Cl)cc4)N3C(=O)N3CCNC(=O)C3)c3ccccc32)cc1. The minimum Gasteiger partial charge on any atom is -0.353 e. The van der Waals surface area contributed by atoms with Gasteiger partial charge in [0.15, 0.2) is 0 Å². The highest BCUT2D eigenvalue weighted by Gasteiger charge is 2.45. The van der Waals surface area contributed by atoms with Crippen LogP contribution in [0.25, 0.3) is 10.9 Å². The lowest BCUT2D eigenvalue weighted by molar-refractivity contribution is -0.123. The van der Waals surface area contributed by atoms with E-state index >= 15 is 0 Å². The summed E-state index contributed by atoms with van der Waals surface area (Å²) in [6.07, 6.45) is 1.53. The molecule has 3 amide bonds. The molecule has 12 heteroatoms. The number of amidine groups is 1. The molecule has 1 saturated heterocycles. The Kier molecular flexibility index (Phi) is 8.03. The number of hydrogen-bond donors (Lipinski definition) is 1. The van der Waals surface area contributed by atoms with Crippen molar-refractivity contribution in [3.05, 3.63) is 136 Å². The largest absolute Gasteiger partial charge is 0.353 e. The highest BCUT2D eigenvalue weighted by atomic mass is 35.5. The van der Waals surface area contributed by atoms with Crippen molar-refractivity contribution in [3.63, 3.8) is 0 Å². The molecule has 7 rings (SSSR count). The van der Waals surface area contributed by atoms with Crippen LogP contribution >= 0.6 is 23.2 Å². The van der Waals surface area contributed by atoms with Gasteiger partial charge in [0, 0.05) is 40.3 Å². The lowest BCUT2D eigenvalue weighted by Gasteiger charge is -2.35. The smallest absolute Gasteiger partial charge is 0.326 e. The molecular weight excluding hydrogens is 657 g/mol. The molecule has 0 radical (unpaired) electrons. The second kappa shape index (κ2) is 12.2. The number of para-hydroxylation sites is 1. The molecule has 1 N–H and O–H groups in total. The Morgan fingerprint density at radius 3 is 2.36 bits per heavy atom. The molecule has 2 aliphatic rings. The normalized spacial score (nSPS) is 18.4. The van der Waals surface area contributed by atoms with Crippen molar-refractivity contribution in [2.75, 3.05) is 19.6 Å². The van der Waals surface area contributed by atoms with Gasteiger partial charge >= 0.3 is 6.03 Å². The van der Waals surface area contributed by atoms with Gasteiger partial charge in [-0.3, -0.25) is 14.7 Å². The van der Waals surface area contributed by atoms with Gasteiger partial charge in [-0.2, -0.15) is 0 Å². The molecule has 3 heterocycles. The molecule has 0 bridgehead atoms. The quantitative estimate of drug-likeness (QED) is 0.225. The fraction of sp³-hybridized carbons (Fsp3) is 0.171. The van der Waals surface area contributed by atoms with E-state index in [0.29, 0.717) is 39.6 Å². The van der Waals surface area contributed by atoms with Crippen LogP contribution in [0.2, 0.25) is 10.0 Å². The van der Waals surface area contributed by atoms with E-state index in [1.807, 2.05) is 49.4 Å². The molecule has 2 atom stereocenters. The molecule has 0 saturated carbocycles. The fourth-order valence-electron chi connectivity index (χ4n) is 6.19. The minimum atomic E-state index is -4.04. The number of benzene rings is 4. The lowest BCUT2D eigenvalue weighted by Crippen LogP contribution is -2.55. The number of halogens is 2. The second-order valence-electron chi connectivity index (χ2n) is 11.5. The van der Waals surface area contributed by atoms with E-state index in [0.717, 1.165) is 16.7 Å². The number of rotatable bonds is 5. The predicted molar refractivity (Wildman–Crippen MR) is 182 cm³/mol. The average Bonchev–Trinajstić information content (AvgIpc) is 3.65. The summed E-state index contributed by atoms with van der Waals surface area (Å²) in [6, 6.07) is 26.6. The van der Waals surface area contributed by atoms with E-state index in [2.05, 4.69) is 5.32 Å². The molecule has 0 spiro atoms. The molecule has 2 unspecified atom stereocenters. The van der Waals surface area contributed by atoms with Gasteiger partial charge < -0.3 is 10.2 Å². The van der Waals surface area contributed by atoms with Gasteiger partial charge in [-0.15, -0.1) is 0 Å². The number of piperazine rings is 1. The molecule has 4 aromatic carbocycles. The van der Waals surface area contributed by atoms with Crippen LogP contribution < -0.4 is 5.32 Å². The van der Waals surface area contributed by atoms with Gasteiger partial charge in [-0.1, -0.05) is 83.4 Å². The number of aryl methyl sites for hydroxylation is 1. The number of carbonyl (C=O) groups excluding carboxylic acids is 2. The maximum atomic E-state index is 14.6. The summed E-state index contributed by atoms with van der Waals surface area (Å²) >= 11 is 12.7. The number of aliphatic imine (C=N–C) groups is 1. The Morgan fingerprint density at radius 1 is 0.894 bits per heavy atom. The highest BCUT2D eigenvalue weighted by Crippen LogP contribution is 2.45. The fourth-order valence-corrected chi connectivity index (χ4v) is 7.88. The number of urea groups is 1. The van der Waals surface area contributed by atoms with Crippen LogP contribution in [-0.4, -0.2) is 59.6 Å². The second-order valence-corrected chi connectivity index (χ2v) is 14.2.